The van der Waals surface area contributed by atoms with Gasteiger partial charge in [0.2, 0.25) is 0 Å². The standard InChI is InChI=1S/C13H26N2S2/c1-11-13(10-14,5-8-16-11)15-6-4-12(2,3)17-9-7-15/h11H,4-10,14H2,1-3H3. The van der Waals surface area contributed by atoms with Gasteiger partial charge in [0.25, 0.3) is 0 Å². The summed E-state index contributed by atoms with van der Waals surface area (Å²) in [4.78, 5) is 2.71. The van der Waals surface area contributed by atoms with Crippen molar-refractivity contribution in [3.63, 3.8) is 0 Å². The van der Waals surface area contributed by atoms with Crippen molar-refractivity contribution < 1.29 is 0 Å². The summed E-state index contributed by atoms with van der Waals surface area (Å²) in [5.41, 5.74) is 6.43. The molecule has 2 N–H and O–H groups in total. The quantitative estimate of drug-likeness (QED) is 0.837. The predicted molar refractivity (Wildman–Crippen MR) is 81.0 cm³/mol. The van der Waals surface area contributed by atoms with E-state index >= 15 is 0 Å². The van der Waals surface area contributed by atoms with Gasteiger partial charge in [-0.3, -0.25) is 4.90 Å². The highest BCUT2D eigenvalue weighted by atomic mass is 32.2. The molecule has 2 saturated heterocycles. The molecule has 0 saturated carbocycles. The number of nitrogens with zero attached hydrogens (tertiary/aromatic N) is 1. The summed E-state index contributed by atoms with van der Waals surface area (Å²) in [5.74, 6) is 2.54. The summed E-state index contributed by atoms with van der Waals surface area (Å²) in [6.45, 7) is 10.4. The van der Waals surface area contributed by atoms with E-state index in [4.69, 9.17) is 5.73 Å². The lowest BCUT2D eigenvalue weighted by Gasteiger charge is -2.43. The van der Waals surface area contributed by atoms with Crippen molar-refractivity contribution in [2.45, 2.75) is 49.1 Å². The summed E-state index contributed by atoms with van der Waals surface area (Å²) < 4.78 is 0.444. The van der Waals surface area contributed by atoms with Crippen LogP contribution < -0.4 is 5.73 Å². The van der Waals surface area contributed by atoms with Crippen LogP contribution in [0.15, 0.2) is 0 Å². The Hall–Kier alpha value is 0.620. The molecule has 0 radical (unpaired) electrons. The molecule has 0 spiro atoms. The van der Waals surface area contributed by atoms with Crippen LogP contribution in [0.1, 0.15) is 33.6 Å². The Morgan fingerprint density at radius 1 is 1.24 bits per heavy atom. The highest BCUT2D eigenvalue weighted by Gasteiger charge is 2.45. The van der Waals surface area contributed by atoms with Crippen LogP contribution in [0.4, 0.5) is 0 Å². The maximum atomic E-state index is 6.15. The summed E-state index contributed by atoms with van der Waals surface area (Å²) in [5, 5.41) is 0.693. The lowest BCUT2D eigenvalue weighted by molar-refractivity contribution is 0.103. The third kappa shape index (κ3) is 2.80. The fraction of sp³-hybridized carbons (Fsp3) is 1.00. The first-order valence-electron chi connectivity index (χ1n) is 6.71. The fourth-order valence-electron chi connectivity index (χ4n) is 3.05. The number of thioether (sulfide) groups is 2. The fourth-order valence-corrected chi connectivity index (χ4v) is 5.65. The number of hydrogen-bond donors (Lipinski definition) is 1. The Kier molecular flexibility index (Phi) is 4.39. The molecule has 17 heavy (non-hydrogen) atoms. The van der Waals surface area contributed by atoms with E-state index in [1.807, 2.05) is 0 Å². The minimum absolute atomic E-state index is 0.283. The largest absolute Gasteiger partial charge is 0.329 e. The molecule has 0 amide bonds. The molecule has 4 heteroatoms. The van der Waals surface area contributed by atoms with E-state index in [1.54, 1.807) is 0 Å². The van der Waals surface area contributed by atoms with Gasteiger partial charge in [0.15, 0.2) is 0 Å². The zero-order valence-corrected chi connectivity index (χ0v) is 13.0. The highest BCUT2D eigenvalue weighted by molar-refractivity contribution is 8.00. The Balaban J connectivity index is 2.10. The summed E-state index contributed by atoms with van der Waals surface area (Å²) in [6.07, 6.45) is 2.57. The van der Waals surface area contributed by atoms with Crippen LogP contribution >= 0.6 is 23.5 Å². The van der Waals surface area contributed by atoms with E-state index in [-0.39, 0.29) is 5.54 Å². The lowest BCUT2D eigenvalue weighted by Crippen LogP contribution is -2.58. The average molecular weight is 274 g/mol. The van der Waals surface area contributed by atoms with Gasteiger partial charge in [-0.05, 0) is 18.6 Å². The first-order valence-corrected chi connectivity index (χ1v) is 8.74. The Morgan fingerprint density at radius 3 is 2.59 bits per heavy atom. The van der Waals surface area contributed by atoms with Crippen LogP contribution in [0, 0.1) is 0 Å². The van der Waals surface area contributed by atoms with E-state index in [2.05, 4.69) is 49.2 Å². The maximum absolute atomic E-state index is 6.15. The second-order valence-corrected chi connectivity index (χ2v) is 9.17. The van der Waals surface area contributed by atoms with Crippen LogP contribution in [-0.4, -0.2) is 51.6 Å². The second kappa shape index (κ2) is 5.32. The molecule has 0 aromatic carbocycles. The Morgan fingerprint density at radius 2 is 2.00 bits per heavy atom. The van der Waals surface area contributed by atoms with Gasteiger partial charge in [-0.25, -0.2) is 0 Å². The number of nitrogens with two attached hydrogens (primary N) is 1. The minimum atomic E-state index is 0.283. The van der Waals surface area contributed by atoms with Crippen molar-refractivity contribution in [1.29, 1.82) is 0 Å². The lowest BCUT2D eigenvalue weighted by atomic mass is 9.89. The molecule has 2 nitrogen and oxygen atoms in total. The van der Waals surface area contributed by atoms with Crippen LogP contribution in [0.2, 0.25) is 0 Å². The molecule has 0 bridgehead atoms. The van der Waals surface area contributed by atoms with Crippen molar-refractivity contribution in [3.8, 4) is 0 Å². The van der Waals surface area contributed by atoms with E-state index in [9.17, 15) is 0 Å². The Labute approximate surface area is 114 Å². The van der Waals surface area contributed by atoms with Gasteiger partial charge >= 0.3 is 0 Å². The zero-order valence-electron chi connectivity index (χ0n) is 11.4. The van der Waals surface area contributed by atoms with Crippen molar-refractivity contribution in [2.24, 2.45) is 5.73 Å². The number of rotatable bonds is 2. The van der Waals surface area contributed by atoms with Crippen molar-refractivity contribution >= 4 is 23.5 Å². The molecule has 2 atom stereocenters. The topological polar surface area (TPSA) is 29.3 Å². The minimum Gasteiger partial charge on any atom is -0.329 e. The predicted octanol–water partition coefficient (Wildman–Crippen LogP) is 2.43. The van der Waals surface area contributed by atoms with Crippen LogP contribution in [-0.2, 0) is 0 Å². The van der Waals surface area contributed by atoms with E-state index < -0.39 is 0 Å². The van der Waals surface area contributed by atoms with Crippen molar-refractivity contribution in [3.05, 3.63) is 0 Å². The molecule has 2 aliphatic heterocycles. The molecular weight excluding hydrogens is 248 g/mol. The first kappa shape index (κ1) is 14.0. The third-order valence-electron chi connectivity index (χ3n) is 4.48. The third-order valence-corrected chi connectivity index (χ3v) is 7.23. The van der Waals surface area contributed by atoms with Crippen molar-refractivity contribution in [1.82, 2.24) is 4.90 Å². The average Bonchev–Trinajstić information content (AvgIpc) is 2.55. The molecule has 2 aliphatic rings. The molecule has 2 rings (SSSR count). The molecule has 0 aliphatic carbocycles. The SMILES string of the molecule is CC1SCCC1(CN)N1CCSC(C)(C)CC1. The molecule has 100 valence electrons. The van der Waals surface area contributed by atoms with Gasteiger partial charge in [-0.15, -0.1) is 0 Å². The van der Waals surface area contributed by atoms with Gasteiger partial charge in [-0.2, -0.15) is 23.5 Å². The van der Waals surface area contributed by atoms with Crippen LogP contribution in [0.5, 0.6) is 0 Å². The van der Waals surface area contributed by atoms with E-state index in [1.165, 1.54) is 37.4 Å². The van der Waals surface area contributed by atoms with Gasteiger partial charge in [0.05, 0.1) is 0 Å². The van der Waals surface area contributed by atoms with E-state index in [0.29, 0.717) is 10.00 Å². The summed E-state index contributed by atoms with van der Waals surface area (Å²) >= 11 is 4.23. The van der Waals surface area contributed by atoms with Gasteiger partial charge in [-0.1, -0.05) is 20.8 Å². The van der Waals surface area contributed by atoms with Gasteiger partial charge in [0.1, 0.15) is 0 Å². The molecule has 2 heterocycles. The number of hydrogen-bond acceptors (Lipinski definition) is 4. The van der Waals surface area contributed by atoms with E-state index in [0.717, 1.165) is 6.54 Å². The molecule has 2 unspecified atom stereocenters. The van der Waals surface area contributed by atoms with Crippen molar-refractivity contribution in [2.75, 3.05) is 31.1 Å². The summed E-state index contributed by atoms with van der Waals surface area (Å²) in [6, 6.07) is 0. The van der Waals surface area contributed by atoms with Gasteiger partial charge in [0, 0.05) is 40.9 Å². The zero-order chi connectivity index (χ0) is 12.5. The van der Waals surface area contributed by atoms with Gasteiger partial charge < -0.3 is 5.73 Å². The smallest absolute Gasteiger partial charge is 0.0455 e. The molecule has 0 aromatic heterocycles. The first-order chi connectivity index (χ1) is 8.00. The molecule has 0 aromatic rings. The molecule has 2 fully saturated rings. The second-order valence-electron chi connectivity index (χ2n) is 5.92. The normalized spacial score (nSPS) is 39.2. The monoisotopic (exact) mass is 274 g/mol. The summed E-state index contributed by atoms with van der Waals surface area (Å²) in [7, 11) is 0. The highest BCUT2D eigenvalue weighted by Crippen LogP contribution is 2.42. The maximum Gasteiger partial charge on any atom is 0.0455 e. The van der Waals surface area contributed by atoms with Crippen LogP contribution in [0.25, 0.3) is 0 Å². The Bertz CT molecular complexity index is 270. The van der Waals surface area contributed by atoms with Crippen LogP contribution in [0.3, 0.4) is 0 Å². The molecular formula is C13H26N2S2.